The van der Waals surface area contributed by atoms with Gasteiger partial charge in [-0.15, -0.1) is 0 Å². The molecule has 0 amide bonds. The molecule has 0 bridgehead atoms. The zero-order valence-electron chi connectivity index (χ0n) is 13.3. The number of aromatic nitrogens is 3. The van der Waals surface area contributed by atoms with E-state index in [0.29, 0.717) is 12.5 Å². The van der Waals surface area contributed by atoms with E-state index in [1.54, 1.807) is 11.3 Å². The van der Waals surface area contributed by atoms with Crippen LogP contribution < -0.4 is 4.90 Å². The van der Waals surface area contributed by atoms with Gasteiger partial charge in [-0.1, -0.05) is 11.3 Å². The van der Waals surface area contributed by atoms with E-state index in [0.717, 1.165) is 40.6 Å². The minimum Gasteiger partial charge on any atom is -0.469 e. The van der Waals surface area contributed by atoms with Crippen LogP contribution in [0, 0.1) is 6.92 Å². The van der Waals surface area contributed by atoms with Crippen LogP contribution in [0.15, 0.2) is 0 Å². The zero-order valence-corrected chi connectivity index (χ0v) is 14.2. The molecule has 1 fully saturated rings. The van der Waals surface area contributed by atoms with Gasteiger partial charge in [0.1, 0.15) is 0 Å². The summed E-state index contributed by atoms with van der Waals surface area (Å²) in [5.41, 5.74) is 1.99. The van der Waals surface area contributed by atoms with Crippen LogP contribution in [0.2, 0.25) is 0 Å². The molecule has 1 aliphatic heterocycles. The maximum Gasteiger partial charge on any atom is 0.305 e. The number of piperidine rings is 1. The Morgan fingerprint density at radius 1 is 1.45 bits per heavy atom. The van der Waals surface area contributed by atoms with Crippen LogP contribution in [-0.2, 0) is 16.6 Å². The fraction of sp³-hybridized carbons (Fsp3) is 0.667. The number of hydrogen-bond donors (Lipinski definition) is 0. The number of ether oxygens (including phenoxy) is 1. The molecular weight excluding hydrogens is 300 g/mol. The van der Waals surface area contributed by atoms with Crippen molar-refractivity contribution in [3.8, 4) is 0 Å². The van der Waals surface area contributed by atoms with Crippen molar-refractivity contribution >= 4 is 32.8 Å². The number of hydrogen-bond acceptors (Lipinski definition) is 6. The molecule has 0 unspecified atom stereocenters. The molecule has 0 spiro atoms. The van der Waals surface area contributed by atoms with Crippen LogP contribution in [0.4, 0.5) is 5.13 Å². The van der Waals surface area contributed by atoms with Gasteiger partial charge in [-0.2, -0.15) is 5.10 Å². The van der Waals surface area contributed by atoms with Gasteiger partial charge in [0.25, 0.3) is 0 Å². The molecular formula is C15H22N4O2S. The van der Waals surface area contributed by atoms with Crippen molar-refractivity contribution in [1.82, 2.24) is 14.8 Å². The fourth-order valence-electron chi connectivity index (χ4n) is 3.14. The highest BCUT2D eigenvalue weighted by atomic mass is 32.1. The quantitative estimate of drug-likeness (QED) is 0.810. The molecule has 0 radical (unpaired) electrons. The first-order chi connectivity index (χ1) is 10.6. The van der Waals surface area contributed by atoms with E-state index in [1.807, 2.05) is 18.7 Å². The van der Waals surface area contributed by atoms with Gasteiger partial charge in [0.05, 0.1) is 17.5 Å². The maximum atomic E-state index is 11.4. The molecule has 6 nitrogen and oxygen atoms in total. The van der Waals surface area contributed by atoms with Gasteiger partial charge in [-0.05, 0) is 32.6 Å². The van der Waals surface area contributed by atoms with Crippen molar-refractivity contribution in [1.29, 1.82) is 0 Å². The second-order valence-electron chi connectivity index (χ2n) is 5.82. The molecule has 1 atom stereocenters. The number of methoxy groups -OCH3 is 1. The summed E-state index contributed by atoms with van der Waals surface area (Å²) in [5.74, 6) is -0.130. The first kappa shape index (κ1) is 15.3. The van der Waals surface area contributed by atoms with Gasteiger partial charge in [0.2, 0.25) is 0 Å². The van der Waals surface area contributed by atoms with E-state index in [1.165, 1.54) is 20.0 Å². The van der Waals surface area contributed by atoms with E-state index < -0.39 is 0 Å². The number of anilines is 1. The molecule has 2 aromatic heterocycles. The zero-order chi connectivity index (χ0) is 15.7. The summed E-state index contributed by atoms with van der Waals surface area (Å²) in [6.07, 6.45) is 4.82. The minimum absolute atomic E-state index is 0.130. The summed E-state index contributed by atoms with van der Waals surface area (Å²) in [4.78, 5) is 18.6. The van der Waals surface area contributed by atoms with Crippen LogP contribution >= 0.6 is 11.3 Å². The largest absolute Gasteiger partial charge is 0.469 e. The molecule has 0 saturated carbocycles. The molecule has 3 heterocycles. The molecule has 0 aliphatic carbocycles. The number of nitrogens with zero attached hydrogens (tertiary/aromatic N) is 4. The van der Waals surface area contributed by atoms with Crippen molar-refractivity contribution < 1.29 is 9.53 Å². The molecule has 7 heteroatoms. The van der Waals surface area contributed by atoms with Gasteiger partial charge in [0, 0.05) is 26.1 Å². The summed E-state index contributed by atoms with van der Waals surface area (Å²) in [6.45, 7) is 3.04. The Hall–Kier alpha value is -1.63. The molecule has 2 aromatic rings. The first-order valence-corrected chi connectivity index (χ1v) is 8.55. The second kappa shape index (κ2) is 6.24. The molecule has 0 N–H and O–H groups in total. The van der Waals surface area contributed by atoms with Crippen LogP contribution in [-0.4, -0.2) is 40.4 Å². The van der Waals surface area contributed by atoms with Crippen molar-refractivity contribution in [2.75, 3.05) is 18.6 Å². The number of rotatable bonds is 4. The lowest BCUT2D eigenvalue weighted by Crippen LogP contribution is -2.39. The lowest BCUT2D eigenvalue weighted by atomic mass is 9.98. The van der Waals surface area contributed by atoms with Crippen molar-refractivity contribution in [3.63, 3.8) is 0 Å². The molecule has 0 aromatic carbocycles. The van der Waals surface area contributed by atoms with Gasteiger partial charge < -0.3 is 9.64 Å². The van der Waals surface area contributed by atoms with Gasteiger partial charge in [-0.25, -0.2) is 9.67 Å². The van der Waals surface area contributed by atoms with Crippen LogP contribution in [0.5, 0.6) is 0 Å². The monoisotopic (exact) mass is 322 g/mol. The standard InChI is InChI=1S/C15H22N4O2S/c1-10-13-14(18(2)17-10)16-15(22-13)19-9-5-4-6-11(19)7-8-12(20)21-3/h11H,4-9H2,1-3H3/t11-/m0/s1. The Balaban J connectivity index is 1.82. The topological polar surface area (TPSA) is 60.2 Å². The second-order valence-corrected chi connectivity index (χ2v) is 6.79. The Morgan fingerprint density at radius 2 is 2.27 bits per heavy atom. The molecule has 1 saturated heterocycles. The van der Waals surface area contributed by atoms with Crippen LogP contribution in [0.25, 0.3) is 10.3 Å². The van der Waals surface area contributed by atoms with E-state index in [4.69, 9.17) is 9.72 Å². The highest BCUT2D eigenvalue weighted by Gasteiger charge is 2.26. The summed E-state index contributed by atoms with van der Waals surface area (Å²) in [7, 11) is 3.38. The Morgan fingerprint density at radius 3 is 3.00 bits per heavy atom. The summed E-state index contributed by atoms with van der Waals surface area (Å²) in [6, 6.07) is 0.377. The average molecular weight is 322 g/mol. The predicted molar refractivity (Wildman–Crippen MR) is 87.4 cm³/mol. The molecule has 120 valence electrons. The summed E-state index contributed by atoms with van der Waals surface area (Å²) in [5, 5.41) is 5.47. The van der Waals surface area contributed by atoms with Gasteiger partial charge in [-0.3, -0.25) is 4.79 Å². The van der Waals surface area contributed by atoms with E-state index in [2.05, 4.69) is 10.00 Å². The number of carbonyl (C=O) groups excluding carboxylic acids is 1. The van der Waals surface area contributed by atoms with Crippen molar-refractivity contribution in [3.05, 3.63) is 5.69 Å². The molecule has 3 rings (SSSR count). The SMILES string of the molecule is COC(=O)CC[C@@H]1CCCCN1c1nc2c(s1)c(C)nn2C. The van der Waals surface area contributed by atoms with Crippen molar-refractivity contribution in [2.24, 2.45) is 7.05 Å². The fourth-order valence-corrected chi connectivity index (χ4v) is 4.27. The van der Waals surface area contributed by atoms with Gasteiger partial charge in [0.15, 0.2) is 10.8 Å². The van der Waals surface area contributed by atoms with E-state index in [9.17, 15) is 4.79 Å². The Labute approximate surface area is 134 Å². The summed E-state index contributed by atoms with van der Waals surface area (Å²) < 4.78 is 7.77. The highest BCUT2D eigenvalue weighted by Crippen LogP contribution is 2.35. The number of carbonyl (C=O) groups is 1. The van der Waals surface area contributed by atoms with Crippen LogP contribution in [0.3, 0.4) is 0 Å². The number of thiazole rings is 1. The highest BCUT2D eigenvalue weighted by molar-refractivity contribution is 7.22. The smallest absolute Gasteiger partial charge is 0.305 e. The van der Waals surface area contributed by atoms with E-state index >= 15 is 0 Å². The molecule has 22 heavy (non-hydrogen) atoms. The molecule has 1 aliphatic rings. The summed E-state index contributed by atoms with van der Waals surface area (Å²) >= 11 is 1.71. The minimum atomic E-state index is -0.130. The lowest BCUT2D eigenvalue weighted by Gasteiger charge is -2.35. The lowest BCUT2D eigenvalue weighted by molar-refractivity contribution is -0.140. The van der Waals surface area contributed by atoms with Crippen LogP contribution in [0.1, 0.15) is 37.8 Å². The maximum absolute atomic E-state index is 11.4. The van der Waals surface area contributed by atoms with Gasteiger partial charge >= 0.3 is 5.97 Å². The number of fused-ring (bicyclic) bond motifs is 1. The third-order valence-electron chi connectivity index (χ3n) is 4.32. The Kier molecular flexibility index (Phi) is 4.33. The Bertz CT molecular complexity index is 644. The third kappa shape index (κ3) is 2.82. The number of esters is 1. The normalized spacial score (nSPS) is 18.9. The van der Waals surface area contributed by atoms with Crippen molar-refractivity contribution in [2.45, 2.75) is 45.1 Å². The average Bonchev–Trinajstić information content (AvgIpc) is 3.07. The third-order valence-corrected chi connectivity index (χ3v) is 5.51. The first-order valence-electron chi connectivity index (χ1n) is 7.73. The predicted octanol–water partition coefficient (Wildman–Crippen LogP) is 2.65. The van der Waals surface area contributed by atoms with E-state index in [-0.39, 0.29) is 5.97 Å². The number of aryl methyl sites for hydroxylation is 2.